The highest BCUT2D eigenvalue weighted by Crippen LogP contribution is 2.15. The van der Waals surface area contributed by atoms with E-state index in [9.17, 15) is 4.79 Å². The third-order valence-electron chi connectivity index (χ3n) is 2.76. The quantitative estimate of drug-likeness (QED) is 0.842. The van der Waals surface area contributed by atoms with Gasteiger partial charge < -0.3 is 5.32 Å². The fourth-order valence-corrected chi connectivity index (χ4v) is 1.93. The van der Waals surface area contributed by atoms with Crippen molar-refractivity contribution in [2.45, 2.75) is 18.7 Å². The van der Waals surface area contributed by atoms with Gasteiger partial charge in [0.25, 0.3) is 0 Å². The summed E-state index contributed by atoms with van der Waals surface area (Å²) >= 11 is 5.79. The fourth-order valence-electron chi connectivity index (χ4n) is 1.85. The zero-order valence-electron chi connectivity index (χ0n) is 10.3. The van der Waals surface area contributed by atoms with Gasteiger partial charge in [0.15, 0.2) is 0 Å². The highest BCUT2D eigenvalue weighted by molar-refractivity contribution is 6.20. The third kappa shape index (κ3) is 3.47. The number of hydrogen-bond donors (Lipinski definition) is 1. The van der Waals surface area contributed by atoms with E-state index in [1.165, 1.54) is 5.39 Å². The van der Waals surface area contributed by atoms with Gasteiger partial charge in [-0.25, -0.2) is 0 Å². The van der Waals surface area contributed by atoms with E-state index in [0.29, 0.717) is 13.0 Å². The molecule has 0 radical (unpaired) electrons. The van der Waals surface area contributed by atoms with Gasteiger partial charge in [-0.2, -0.15) is 0 Å². The molecule has 0 aliphatic rings. The molecule has 0 aromatic heterocycles. The molecule has 0 fully saturated rings. The van der Waals surface area contributed by atoms with Crippen LogP contribution in [0, 0.1) is 0 Å². The van der Waals surface area contributed by atoms with Gasteiger partial charge in [-0.05, 0) is 23.3 Å². The average Bonchev–Trinajstić information content (AvgIpc) is 2.36. The highest BCUT2D eigenvalue weighted by Gasteiger charge is 2.05. The minimum Gasteiger partial charge on any atom is -0.354 e. The van der Waals surface area contributed by atoms with Crippen LogP contribution in [0.3, 0.4) is 0 Å². The van der Waals surface area contributed by atoms with Crippen LogP contribution in [0.25, 0.3) is 10.8 Å². The summed E-state index contributed by atoms with van der Waals surface area (Å²) in [6.07, 6.45) is 0.397. The molecule has 0 aliphatic heterocycles. The second kappa shape index (κ2) is 5.87. The molecule has 0 bridgehead atoms. The van der Waals surface area contributed by atoms with Crippen LogP contribution >= 0.6 is 11.6 Å². The van der Waals surface area contributed by atoms with E-state index in [0.717, 1.165) is 10.9 Å². The predicted octanol–water partition coefficient (Wildman–Crippen LogP) is 3.13. The van der Waals surface area contributed by atoms with Crippen molar-refractivity contribution in [2.24, 2.45) is 0 Å². The minimum atomic E-state index is -0.0365. The molecule has 18 heavy (non-hydrogen) atoms. The first-order chi connectivity index (χ1) is 8.65. The highest BCUT2D eigenvalue weighted by atomic mass is 35.5. The number of nitrogens with one attached hydrogen (secondary N) is 1. The summed E-state index contributed by atoms with van der Waals surface area (Å²) in [5.74, 6) is 0.0118. The molecule has 0 heterocycles. The number of carbonyl (C=O) groups excluding carboxylic acids is 1. The first kappa shape index (κ1) is 12.9. The topological polar surface area (TPSA) is 29.1 Å². The lowest BCUT2D eigenvalue weighted by molar-refractivity contribution is -0.120. The Morgan fingerprint density at radius 1 is 1.22 bits per heavy atom. The maximum Gasteiger partial charge on any atom is 0.224 e. The van der Waals surface area contributed by atoms with Crippen LogP contribution in [-0.2, 0) is 11.2 Å². The Hall–Kier alpha value is -1.54. The van der Waals surface area contributed by atoms with Crippen LogP contribution in [0.1, 0.15) is 12.5 Å². The molecule has 0 saturated carbocycles. The first-order valence-electron chi connectivity index (χ1n) is 6.03. The number of amides is 1. The molecule has 2 nitrogen and oxygen atoms in total. The van der Waals surface area contributed by atoms with Crippen LogP contribution < -0.4 is 5.32 Å². The maximum absolute atomic E-state index is 11.7. The standard InChI is InChI=1S/C15H16ClNO/c1-11(16)10-17-15(18)9-12-6-7-13-4-2-3-5-14(13)8-12/h2-8,11H,9-10H2,1H3,(H,17,18). The Balaban J connectivity index is 2.05. The molecule has 0 aliphatic carbocycles. The molecule has 1 amide bonds. The molecule has 2 aromatic rings. The van der Waals surface area contributed by atoms with E-state index < -0.39 is 0 Å². The van der Waals surface area contributed by atoms with E-state index >= 15 is 0 Å². The summed E-state index contributed by atoms with van der Waals surface area (Å²) in [7, 11) is 0. The number of carbonyl (C=O) groups is 1. The van der Waals surface area contributed by atoms with Crippen molar-refractivity contribution in [2.75, 3.05) is 6.54 Å². The number of benzene rings is 2. The zero-order chi connectivity index (χ0) is 13.0. The lowest BCUT2D eigenvalue weighted by atomic mass is 10.0. The number of hydrogen-bond acceptors (Lipinski definition) is 1. The van der Waals surface area contributed by atoms with E-state index in [4.69, 9.17) is 11.6 Å². The Morgan fingerprint density at radius 3 is 2.67 bits per heavy atom. The van der Waals surface area contributed by atoms with Crippen molar-refractivity contribution < 1.29 is 4.79 Å². The van der Waals surface area contributed by atoms with E-state index in [1.807, 2.05) is 31.2 Å². The SMILES string of the molecule is CC(Cl)CNC(=O)Cc1ccc2ccccc2c1. The summed E-state index contributed by atoms with van der Waals surface area (Å²) in [5.41, 5.74) is 1.02. The van der Waals surface area contributed by atoms with Gasteiger partial charge in [-0.3, -0.25) is 4.79 Å². The Labute approximate surface area is 112 Å². The van der Waals surface area contributed by atoms with E-state index in [-0.39, 0.29) is 11.3 Å². The van der Waals surface area contributed by atoms with Crippen molar-refractivity contribution in [3.63, 3.8) is 0 Å². The molecular formula is C15H16ClNO. The molecular weight excluding hydrogens is 246 g/mol. The van der Waals surface area contributed by atoms with E-state index in [2.05, 4.69) is 23.5 Å². The summed E-state index contributed by atoms with van der Waals surface area (Å²) in [4.78, 5) is 11.7. The second-order valence-electron chi connectivity index (χ2n) is 4.44. The van der Waals surface area contributed by atoms with Gasteiger partial charge in [0, 0.05) is 11.9 Å². The summed E-state index contributed by atoms with van der Waals surface area (Å²) in [6, 6.07) is 14.2. The normalized spacial score (nSPS) is 12.3. The van der Waals surface area contributed by atoms with Crippen molar-refractivity contribution >= 4 is 28.3 Å². The minimum absolute atomic E-state index is 0.0118. The molecule has 0 saturated heterocycles. The number of fused-ring (bicyclic) bond motifs is 1. The Bertz CT molecular complexity index is 551. The van der Waals surface area contributed by atoms with Gasteiger partial charge in [-0.1, -0.05) is 42.5 Å². The van der Waals surface area contributed by atoms with E-state index in [1.54, 1.807) is 0 Å². The number of alkyl halides is 1. The van der Waals surface area contributed by atoms with Crippen LogP contribution in [0.4, 0.5) is 0 Å². The van der Waals surface area contributed by atoms with Crippen molar-refractivity contribution in [3.05, 3.63) is 48.0 Å². The van der Waals surface area contributed by atoms with Crippen molar-refractivity contribution in [1.29, 1.82) is 0 Å². The molecule has 3 heteroatoms. The average molecular weight is 262 g/mol. The van der Waals surface area contributed by atoms with Crippen LogP contribution in [0.15, 0.2) is 42.5 Å². The van der Waals surface area contributed by atoms with Gasteiger partial charge >= 0.3 is 0 Å². The third-order valence-corrected chi connectivity index (χ3v) is 2.91. The molecule has 94 valence electrons. The fraction of sp³-hybridized carbons (Fsp3) is 0.267. The molecule has 0 spiro atoms. The molecule has 1 atom stereocenters. The second-order valence-corrected chi connectivity index (χ2v) is 5.19. The monoisotopic (exact) mass is 261 g/mol. The lowest BCUT2D eigenvalue weighted by Crippen LogP contribution is -2.29. The van der Waals surface area contributed by atoms with Crippen LogP contribution in [0.5, 0.6) is 0 Å². The summed E-state index contributed by atoms with van der Waals surface area (Å²) in [6.45, 7) is 2.37. The van der Waals surface area contributed by atoms with Crippen LogP contribution in [0.2, 0.25) is 0 Å². The number of rotatable bonds is 4. The van der Waals surface area contributed by atoms with Gasteiger partial charge in [-0.15, -0.1) is 11.6 Å². The van der Waals surface area contributed by atoms with Crippen molar-refractivity contribution in [3.8, 4) is 0 Å². The largest absolute Gasteiger partial charge is 0.354 e. The lowest BCUT2D eigenvalue weighted by Gasteiger charge is -2.07. The van der Waals surface area contributed by atoms with Gasteiger partial charge in [0.1, 0.15) is 0 Å². The van der Waals surface area contributed by atoms with Crippen molar-refractivity contribution in [1.82, 2.24) is 5.32 Å². The smallest absolute Gasteiger partial charge is 0.224 e. The number of halogens is 1. The zero-order valence-corrected chi connectivity index (χ0v) is 11.1. The Morgan fingerprint density at radius 2 is 1.94 bits per heavy atom. The Kier molecular flexibility index (Phi) is 4.21. The van der Waals surface area contributed by atoms with Crippen LogP contribution in [-0.4, -0.2) is 17.8 Å². The maximum atomic E-state index is 11.7. The van der Waals surface area contributed by atoms with Gasteiger partial charge in [0.2, 0.25) is 5.91 Å². The molecule has 2 rings (SSSR count). The molecule has 1 unspecified atom stereocenters. The molecule has 1 N–H and O–H groups in total. The predicted molar refractivity (Wildman–Crippen MR) is 76.0 cm³/mol. The molecule has 2 aromatic carbocycles. The summed E-state index contributed by atoms with van der Waals surface area (Å²) in [5, 5.41) is 5.12. The van der Waals surface area contributed by atoms with Gasteiger partial charge in [0.05, 0.1) is 6.42 Å². The first-order valence-corrected chi connectivity index (χ1v) is 6.47. The summed E-state index contributed by atoms with van der Waals surface area (Å²) < 4.78 is 0.